The van der Waals surface area contributed by atoms with Crippen molar-refractivity contribution in [3.8, 4) is 0 Å². The van der Waals surface area contributed by atoms with Gasteiger partial charge in [0.25, 0.3) is 0 Å². The fourth-order valence-corrected chi connectivity index (χ4v) is 2.41. The third-order valence-corrected chi connectivity index (χ3v) is 3.67. The van der Waals surface area contributed by atoms with Gasteiger partial charge in [0.2, 0.25) is 5.91 Å². The number of nitrogens with one attached hydrogen (secondary N) is 1. The highest BCUT2D eigenvalue weighted by atomic mass is 16.2. The molecule has 1 aromatic rings. The van der Waals surface area contributed by atoms with Crippen LogP contribution < -0.4 is 5.32 Å². The minimum atomic E-state index is 0.253. The van der Waals surface area contributed by atoms with E-state index in [1.165, 1.54) is 18.4 Å². The number of carbonyl (C=O) groups excluding carboxylic acids is 1. The monoisotopic (exact) mass is 260 g/mol. The lowest BCUT2D eigenvalue weighted by Crippen LogP contribution is -2.46. The Kier molecular flexibility index (Phi) is 5.40. The number of carbonyl (C=O) groups is 1. The summed E-state index contributed by atoms with van der Waals surface area (Å²) >= 11 is 0. The summed E-state index contributed by atoms with van der Waals surface area (Å²) in [7, 11) is 0. The Labute approximate surface area is 116 Å². The molecule has 19 heavy (non-hydrogen) atoms. The van der Waals surface area contributed by atoms with Crippen molar-refractivity contribution in [3.05, 3.63) is 35.4 Å². The van der Waals surface area contributed by atoms with E-state index < -0.39 is 0 Å². The number of nitrogens with zero attached hydrogens (tertiary/aromatic N) is 1. The molecule has 1 N–H and O–H groups in total. The molecule has 1 aliphatic rings. The first-order valence-electron chi connectivity index (χ1n) is 7.36. The maximum Gasteiger partial charge on any atom is 0.227 e. The Morgan fingerprint density at radius 3 is 2.42 bits per heavy atom. The van der Waals surface area contributed by atoms with E-state index in [4.69, 9.17) is 0 Å². The summed E-state index contributed by atoms with van der Waals surface area (Å²) in [5, 5.41) is 3.27. The molecule has 1 amide bonds. The maximum absolute atomic E-state index is 12.1. The highest BCUT2D eigenvalue weighted by Crippen LogP contribution is 2.09. The van der Waals surface area contributed by atoms with E-state index in [0.717, 1.165) is 38.2 Å². The third kappa shape index (κ3) is 4.35. The maximum atomic E-state index is 12.1. The zero-order valence-electron chi connectivity index (χ0n) is 11.8. The van der Waals surface area contributed by atoms with Crippen molar-refractivity contribution < 1.29 is 4.79 Å². The quantitative estimate of drug-likeness (QED) is 0.878. The van der Waals surface area contributed by atoms with Crippen molar-refractivity contribution in [2.45, 2.75) is 32.6 Å². The number of aryl methyl sites for hydroxylation is 1. The molecule has 0 atom stereocenters. The molecule has 0 radical (unpaired) electrons. The molecule has 1 saturated heterocycles. The van der Waals surface area contributed by atoms with Crippen molar-refractivity contribution in [2.75, 3.05) is 26.2 Å². The molecule has 1 aliphatic heterocycles. The molecular weight excluding hydrogens is 236 g/mol. The molecule has 3 heteroatoms. The minimum absolute atomic E-state index is 0.253. The van der Waals surface area contributed by atoms with Gasteiger partial charge in [-0.15, -0.1) is 0 Å². The Morgan fingerprint density at radius 1 is 1.16 bits per heavy atom. The Bertz CT molecular complexity index is 394. The highest BCUT2D eigenvalue weighted by Gasteiger charge is 2.16. The van der Waals surface area contributed by atoms with E-state index in [2.05, 4.69) is 36.5 Å². The second-order valence-electron chi connectivity index (χ2n) is 5.23. The van der Waals surface area contributed by atoms with E-state index in [1.54, 1.807) is 0 Å². The minimum Gasteiger partial charge on any atom is -0.340 e. The first-order valence-corrected chi connectivity index (χ1v) is 7.36. The van der Waals surface area contributed by atoms with E-state index in [0.29, 0.717) is 6.42 Å². The van der Waals surface area contributed by atoms with Crippen LogP contribution in [0.2, 0.25) is 0 Å². The Morgan fingerprint density at radius 2 is 1.79 bits per heavy atom. The van der Waals surface area contributed by atoms with Crippen LogP contribution in [0.25, 0.3) is 0 Å². The smallest absolute Gasteiger partial charge is 0.227 e. The predicted octanol–water partition coefficient (Wildman–Crippen LogP) is 2.00. The van der Waals surface area contributed by atoms with E-state index in [-0.39, 0.29) is 5.91 Å². The molecule has 0 saturated carbocycles. The van der Waals surface area contributed by atoms with Gasteiger partial charge in [-0.1, -0.05) is 37.6 Å². The normalized spacial score (nSPS) is 15.5. The summed E-state index contributed by atoms with van der Waals surface area (Å²) in [5.41, 5.74) is 2.50. The fraction of sp³-hybridized carbons (Fsp3) is 0.562. The van der Waals surface area contributed by atoms with Crippen molar-refractivity contribution in [1.82, 2.24) is 10.2 Å². The molecule has 104 valence electrons. The van der Waals surface area contributed by atoms with Crippen LogP contribution in [0.5, 0.6) is 0 Å². The van der Waals surface area contributed by atoms with Crippen LogP contribution in [0.15, 0.2) is 24.3 Å². The predicted molar refractivity (Wildman–Crippen MR) is 78.2 cm³/mol. The van der Waals surface area contributed by atoms with Gasteiger partial charge in [-0.3, -0.25) is 4.79 Å². The second kappa shape index (κ2) is 7.29. The van der Waals surface area contributed by atoms with Crippen LogP contribution in [0.3, 0.4) is 0 Å². The zero-order valence-corrected chi connectivity index (χ0v) is 11.8. The number of piperazine rings is 1. The van der Waals surface area contributed by atoms with Gasteiger partial charge in [-0.25, -0.2) is 0 Å². The van der Waals surface area contributed by atoms with Crippen LogP contribution >= 0.6 is 0 Å². The number of hydrogen-bond acceptors (Lipinski definition) is 2. The van der Waals surface area contributed by atoms with Crippen molar-refractivity contribution in [1.29, 1.82) is 0 Å². The number of amides is 1. The number of unbranched alkanes of at least 4 members (excludes halogenated alkanes) is 1. The van der Waals surface area contributed by atoms with Gasteiger partial charge in [-0.05, 0) is 24.0 Å². The molecule has 0 unspecified atom stereocenters. The van der Waals surface area contributed by atoms with Crippen molar-refractivity contribution in [2.24, 2.45) is 0 Å². The molecule has 2 rings (SSSR count). The van der Waals surface area contributed by atoms with Crippen LogP contribution in [-0.2, 0) is 17.6 Å². The average Bonchev–Trinajstić information content (AvgIpc) is 2.47. The lowest BCUT2D eigenvalue weighted by Gasteiger charge is -2.27. The van der Waals surface area contributed by atoms with Crippen molar-refractivity contribution >= 4 is 5.91 Å². The average molecular weight is 260 g/mol. The van der Waals surface area contributed by atoms with Gasteiger partial charge >= 0.3 is 0 Å². The van der Waals surface area contributed by atoms with Gasteiger partial charge < -0.3 is 10.2 Å². The summed E-state index contributed by atoms with van der Waals surface area (Å²) in [6.45, 7) is 5.73. The summed E-state index contributed by atoms with van der Waals surface area (Å²) in [6.07, 6.45) is 4.14. The summed E-state index contributed by atoms with van der Waals surface area (Å²) in [5.74, 6) is 0.253. The topological polar surface area (TPSA) is 32.3 Å². The Balaban J connectivity index is 1.86. The SMILES string of the molecule is CCCCc1ccc(CC(=O)N2CCNCC2)cc1. The van der Waals surface area contributed by atoms with E-state index >= 15 is 0 Å². The lowest BCUT2D eigenvalue weighted by atomic mass is 10.0. The van der Waals surface area contributed by atoms with Gasteiger partial charge in [0.15, 0.2) is 0 Å². The molecule has 0 aromatic heterocycles. The zero-order chi connectivity index (χ0) is 13.5. The number of hydrogen-bond donors (Lipinski definition) is 1. The Hall–Kier alpha value is -1.35. The fourth-order valence-electron chi connectivity index (χ4n) is 2.41. The first kappa shape index (κ1) is 14.1. The molecular formula is C16H24N2O. The molecule has 3 nitrogen and oxygen atoms in total. The van der Waals surface area contributed by atoms with Crippen LogP contribution in [0.4, 0.5) is 0 Å². The third-order valence-electron chi connectivity index (χ3n) is 3.67. The van der Waals surface area contributed by atoms with E-state index in [9.17, 15) is 4.79 Å². The first-order chi connectivity index (χ1) is 9.29. The molecule has 1 aromatic carbocycles. The number of rotatable bonds is 5. The van der Waals surface area contributed by atoms with Gasteiger partial charge in [0.05, 0.1) is 6.42 Å². The van der Waals surface area contributed by atoms with Crippen molar-refractivity contribution in [3.63, 3.8) is 0 Å². The van der Waals surface area contributed by atoms with Gasteiger partial charge in [-0.2, -0.15) is 0 Å². The largest absolute Gasteiger partial charge is 0.340 e. The van der Waals surface area contributed by atoms with Crippen LogP contribution in [-0.4, -0.2) is 37.0 Å². The molecule has 0 spiro atoms. The van der Waals surface area contributed by atoms with E-state index in [1.807, 2.05) is 4.90 Å². The highest BCUT2D eigenvalue weighted by molar-refractivity contribution is 5.78. The van der Waals surface area contributed by atoms with Crippen LogP contribution in [0, 0.1) is 0 Å². The molecule has 0 bridgehead atoms. The summed E-state index contributed by atoms with van der Waals surface area (Å²) in [6, 6.07) is 8.53. The molecule has 0 aliphatic carbocycles. The molecule has 1 heterocycles. The number of benzene rings is 1. The standard InChI is InChI=1S/C16H24N2O/c1-2-3-4-14-5-7-15(8-6-14)13-16(19)18-11-9-17-10-12-18/h5-8,17H,2-4,9-13H2,1H3. The van der Waals surface area contributed by atoms with Crippen LogP contribution in [0.1, 0.15) is 30.9 Å². The lowest BCUT2D eigenvalue weighted by molar-refractivity contribution is -0.131. The summed E-state index contributed by atoms with van der Waals surface area (Å²) < 4.78 is 0. The summed E-state index contributed by atoms with van der Waals surface area (Å²) in [4.78, 5) is 14.1. The molecule has 1 fully saturated rings. The van der Waals surface area contributed by atoms with Gasteiger partial charge in [0.1, 0.15) is 0 Å². The van der Waals surface area contributed by atoms with Gasteiger partial charge in [0, 0.05) is 26.2 Å². The second-order valence-corrected chi connectivity index (χ2v) is 5.23.